The predicted octanol–water partition coefficient (Wildman–Crippen LogP) is 4.00. The molecule has 98 valence electrons. The molecule has 3 heteroatoms. The zero-order valence-corrected chi connectivity index (χ0v) is 11.7. The van der Waals surface area contributed by atoms with Gasteiger partial charge in [-0.3, -0.25) is 4.79 Å². The fraction of sp³-hybridized carbons (Fsp3) is 0.250. The van der Waals surface area contributed by atoms with Gasteiger partial charge in [0.25, 0.3) is 0 Å². The number of carbonyl (C=O) groups is 1. The Morgan fingerprint density at radius 2 is 1.89 bits per heavy atom. The maximum Gasteiger partial charge on any atom is 0.178 e. The lowest BCUT2D eigenvalue weighted by atomic mass is 10.1. The summed E-state index contributed by atoms with van der Waals surface area (Å²) in [6.45, 7) is 7.63. The molecule has 0 atom stereocenters. The van der Waals surface area contributed by atoms with Crippen LogP contribution in [0.1, 0.15) is 34.1 Å². The van der Waals surface area contributed by atoms with Gasteiger partial charge >= 0.3 is 0 Å². The van der Waals surface area contributed by atoms with E-state index >= 15 is 0 Å². The standard InChI is InChI=1S/C16H17NO2/c1-10-7-11(2)12(3)16(8-10)19-14-5-6-15(13(4)18)17-9-14/h5-9H,1-4H3. The van der Waals surface area contributed by atoms with E-state index in [2.05, 4.69) is 18.0 Å². The number of benzene rings is 1. The number of hydrogen-bond acceptors (Lipinski definition) is 3. The van der Waals surface area contributed by atoms with E-state index in [0.29, 0.717) is 11.4 Å². The predicted molar refractivity (Wildman–Crippen MR) is 75.0 cm³/mol. The minimum absolute atomic E-state index is 0.0471. The number of Topliss-reactive ketones (excluding diaryl/α,β-unsaturated/α-hetero) is 1. The van der Waals surface area contributed by atoms with Gasteiger partial charge in [-0.05, 0) is 55.7 Å². The first-order valence-electron chi connectivity index (χ1n) is 6.20. The molecule has 0 saturated carbocycles. The largest absolute Gasteiger partial charge is 0.455 e. The van der Waals surface area contributed by atoms with Crippen molar-refractivity contribution in [1.82, 2.24) is 4.98 Å². The van der Waals surface area contributed by atoms with Crippen molar-refractivity contribution in [3.05, 3.63) is 52.8 Å². The highest BCUT2D eigenvalue weighted by molar-refractivity contribution is 5.92. The highest BCUT2D eigenvalue weighted by Crippen LogP contribution is 2.28. The van der Waals surface area contributed by atoms with Gasteiger partial charge in [0.05, 0.1) is 6.20 Å². The van der Waals surface area contributed by atoms with E-state index in [4.69, 9.17) is 4.74 Å². The molecule has 0 N–H and O–H groups in total. The summed E-state index contributed by atoms with van der Waals surface area (Å²) in [6.07, 6.45) is 1.58. The molecule has 0 saturated heterocycles. The lowest BCUT2D eigenvalue weighted by Crippen LogP contribution is -1.97. The summed E-state index contributed by atoms with van der Waals surface area (Å²) in [4.78, 5) is 15.2. The van der Waals surface area contributed by atoms with Crippen LogP contribution in [0.3, 0.4) is 0 Å². The minimum Gasteiger partial charge on any atom is -0.455 e. The minimum atomic E-state index is -0.0471. The Bertz CT molecular complexity index is 615. The second kappa shape index (κ2) is 5.22. The van der Waals surface area contributed by atoms with Crippen LogP contribution >= 0.6 is 0 Å². The van der Waals surface area contributed by atoms with Crippen LogP contribution in [0.4, 0.5) is 0 Å². The molecule has 2 aromatic rings. The summed E-state index contributed by atoms with van der Waals surface area (Å²) in [6, 6.07) is 7.57. The summed E-state index contributed by atoms with van der Waals surface area (Å²) < 4.78 is 5.83. The molecule has 0 bridgehead atoms. The van der Waals surface area contributed by atoms with Crippen LogP contribution in [0.5, 0.6) is 11.5 Å². The number of rotatable bonds is 3. The molecule has 0 amide bonds. The number of ketones is 1. The van der Waals surface area contributed by atoms with Crippen molar-refractivity contribution in [2.24, 2.45) is 0 Å². The van der Waals surface area contributed by atoms with E-state index in [1.54, 1.807) is 18.3 Å². The molecular formula is C16H17NO2. The molecule has 0 aliphatic carbocycles. The Morgan fingerprint density at radius 3 is 2.47 bits per heavy atom. The fourth-order valence-corrected chi connectivity index (χ4v) is 1.88. The first-order valence-corrected chi connectivity index (χ1v) is 6.20. The van der Waals surface area contributed by atoms with Crippen LogP contribution in [-0.4, -0.2) is 10.8 Å². The first kappa shape index (κ1) is 13.3. The molecule has 2 rings (SSSR count). The molecular weight excluding hydrogens is 238 g/mol. The van der Waals surface area contributed by atoms with Gasteiger partial charge in [-0.25, -0.2) is 4.98 Å². The topological polar surface area (TPSA) is 39.2 Å². The van der Waals surface area contributed by atoms with Gasteiger partial charge in [0.1, 0.15) is 17.2 Å². The normalized spacial score (nSPS) is 10.3. The molecule has 0 aliphatic heterocycles. The maximum absolute atomic E-state index is 11.2. The maximum atomic E-state index is 11.2. The van der Waals surface area contributed by atoms with E-state index < -0.39 is 0 Å². The van der Waals surface area contributed by atoms with Gasteiger partial charge in [-0.15, -0.1) is 0 Å². The molecule has 0 fully saturated rings. The second-order valence-electron chi connectivity index (χ2n) is 4.74. The number of carbonyl (C=O) groups excluding carboxylic acids is 1. The van der Waals surface area contributed by atoms with E-state index in [0.717, 1.165) is 16.9 Å². The third-order valence-corrected chi connectivity index (χ3v) is 3.09. The van der Waals surface area contributed by atoms with Crippen molar-refractivity contribution in [2.45, 2.75) is 27.7 Å². The first-order chi connectivity index (χ1) is 8.97. The lowest BCUT2D eigenvalue weighted by molar-refractivity contribution is 0.101. The number of pyridine rings is 1. The van der Waals surface area contributed by atoms with Crippen molar-refractivity contribution in [3.63, 3.8) is 0 Å². The molecule has 0 spiro atoms. The molecule has 19 heavy (non-hydrogen) atoms. The van der Waals surface area contributed by atoms with Gasteiger partial charge in [0.2, 0.25) is 0 Å². The average Bonchev–Trinajstić information content (AvgIpc) is 2.36. The fourth-order valence-electron chi connectivity index (χ4n) is 1.88. The molecule has 0 unspecified atom stereocenters. The molecule has 1 aromatic heterocycles. The number of aryl methyl sites for hydroxylation is 2. The van der Waals surface area contributed by atoms with Gasteiger partial charge in [-0.1, -0.05) is 6.07 Å². The van der Waals surface area contributed by atoms with E-state index in [9.17, 15) is 4.79 Å². The Balaban J connectivity index is 2.28. The van der Waals surface area contributed by atoms with Crippen molar-refractivity contribution in [1.29, 1.82) is 0 Å². The van der Waals surface area contributed by atoms with Crippen molar-refractivity contribution in [3.8, 4) is 11.5 Å². The highest BCUT2D eigenvalue weighted by atomic mass is 16.5. The van der Waals surface area contributed by atoms with E-state index in [1.807, 2.05) is 19.9 Å². The van der Waals surface area contributed by atoms with Gasteiger partial charge in [0.15, 0.2) is 5.78 Å². The second-order valence-corrected chi connectivity index (χ2v) is 4.74. The number of ether oxygens (including phenoxy) is 1. The summed E-state index contributed by atoms with van der Waals surface area (Å²) in [5, 5.41) is 0. The van der Waals surface area contributed by atoms with Crippen LogP contribution < -0.4 is 4.74 Å². The number of hydrogen-bond donors (Lipinski definition) is 0. The number of nitrogens with zero attached hydrogens (tertiary/aromatic N) is 1. The Hall–Kier alpha value is -2.16. The Labute approximate surface area is 113 Å². The molecule has 3 nitrogen and oxygen atoms in total. The summed E-state index contributed by atoms with van der Waals surface area (Å²) in [5.41, 5.74) is 3.92. The quantitative estimate of drug-likeness (QED) is 0.778. The van der Waals surface area contributed by atoms with Gasteiger partial charge in [0, 0.05) is 6.92 Å². The lowest BCUT2D eigenvalue weighted by Gasteiger charge is -2.11. The summed E-state index contributed by atoms with van der Waals surface area (Å²) in [7, 11) is 0. The summed E-state index contributed by atoms with van der Waals surface area (Å²) >= 11 is 0. The highest BCUT2D eigenvalue weighted by Gasteiger charge is 2.06. The third-order valence-electron chi connectivity index (χ3n) is 3.09. The van der Waals surface area contributed by atoms with Crippen LogP contribution in [0.2, 0.25) is 0 Å². The van der Waals surface area contributed by atoms with Crippen molar-refractivity contribution in [2.75, 3.05) is 0 Å². The van der Waals surface area contributed by atoms with Crippen molar-refractivity contribution >= 4 is 5.78 Å². The third kappa shape index (κ3) is 2.99. The summed E-state index contributed by atoms with van der Waals surface area (Å²) in [5.74, 6) is 1.42. The van der Waals surface area contributed by atoms with E-state index in [1.165, 1.54) is 12.5 Å². The van der Waals surface area contributed by atoms with Crippen LogP contribution in [0.25, 0.3) is 0 Å². The smallest absolute Gasteiger partial charge is 0.178 e. The Kier molecular flexibility index (Phi) is 3.65. The zero-order chi connectivity index (χ0) is 14.0. The molecule has 0 aliphatic rings. The van der Waals surface area contributed by atoms with Crippen LogP contribution in [0, 0.1) is 20.8 Å². The van der Waals surface area contributed by atoms with Gasteiger partial charge < -0.3 is 4.74 Å². The number of aromatic nitrogens is 1. The SMILES string of the molecule is CC(=O)c1ccc(Oc2cc(C)cc(C)c2C)cn1. The average molecular weight is 255 g/mol. The molecule has 0 radical (unpaired) electrons. The van der Waals surface area contributed by atoms with Gasteiger partial charge in [-0.2, -0.15) is 0 Å². The van der Waals surface area contributed by atoms with Crippen LogP contribution in [0.15, 0.2) is 30.5 Å². The monoisotopic (exact) mass is 255 g/mol. The van der Waals surface area contributed by atoms with Crippen molar-refractivity contribution < 1.29 is 9.53 Å². The van der Waals surface area contributed by atoms with Crippen LogP contribution in [-0.2, 0) is 0 Å². The van der Waals surface area contributed by atoms with E-state index in [-0.39, 0.29) is 5.78 Å². The molecule has 1 aromatic carbocycles. The Morgan fingerprint density at radius 1 is 1.16 bits per heavy atom. The zero-order valence-electron chi connectivity index (χ0n) is 11.7. The molecule has 1 heterocycles.